The van der Waals surface area contributed by atoms with E-state index < -0.39 is 0 Å². The van der Waals surface area contributed by atoms with E-state index in [2.05, 4.69) is 57.3 Å². The van der Waals surface area contributed by atoms with E-state index in [1.807, 2.05) is 31.2 Å². The Labute approximate surface area is 139 Å². The highest BCUT2D eigenvalue weighted by molar-refractivity contribution is 5.94. The molecule has 0 aliphatic carbocycles. The lowest BCUT2D eigenvalue weighted by atomic mass is 9.79. The minimum atomic E-state index is 0.00413. The fourth-order valence-electron chi connectivity index (χ4n) is 3.01. The van der Waals surface area contributed by atoms with Gasteiger partial charge in [-0.05, 0) is 61.4 Å². The van der Waals surface area contributed by atoms with E-state index in [1.165, 1.54) is 11.1 Å². The molecule has 0 fully saturated rings. The fraction of sp³-hybridized carbons (Fsp3) is 0.381. The molecule has 122 valence electrons. The summed E-state index contributed by atoms with van der Waals surface area (Å²) in [5, 5.41) is 3.13. The summed E-state index contributed by atoms with van der Waals surface area (Å²) in [5.74, 6) is 0.00413. The van der Waals surface area contributed by atoms with Crippen LogP contribution in [0.5, 0.6) is 0 Å². The van der Waals surface area contributed by atoms with Gasteiger partial charge in [0.25, 0.3) is 5.91 Å². The maximum absolute atomic E-state index is 12.4. The number of nitrogens with one attached hydrogen (secondary N) is 1. The summed E-state index contributed by atoms with van der Waals surface area (Å²) in [6.07, 6.45) is 0.896. The van der Waals surface area contributed by atoms with Crippen molar-refractivity contribution in [1.82, 2.24) is 5.32 Å². The molecule has 0 saturated heterocycles. The molecule has 2 heteroatoms. The molecule has 0 aliphatic heterocycles. The highest BCUT2D eigenvalue weighted by Gasteiger charge is 2.24. The zero-order chi connectivity index (χ0) is 17.0. The zero-order valence-corrected chi connectivity index (χ0v) is 14.8. The topological polar surface area (TPSA) is 29.1 Å². The van der Waals surface area contributed by atoms with Crippen molar-refractivity contribution in [3.05, 3.63) is 70.8 Å². The first kappa shape index (κ1) is 17.3. The van der Waals surface area contributed by atoms with Gasteiger partial charge >= 0.3 is 0 Å². The average molecular weight is 309 g/mol. The first-order chi connectivity index (χ1) is 10.8. The third kappa shape index (κ3) is 4.44. The second kappa shape index (κ2) is 6.99. The van der Waals surface area contributed by atoms with E-state index in [1.54, 1.807) is 0 Å². The molecule has 0 radical (unpaired) electrons. The van der Waals surface area contributed by atoms with Crippen molar-refractivity contribution in [2.24, 2.45) is 0 Å². The van der Waals surface area contributed by atoms with Crippen LogP contribution in [-0.2, 0) is 5.41 Å². The molecule has 0 unspecified atom stereocenters. The van der Waals surface area contributed by atoms with Crippen molar-refractivity contribution in [3.8, 4) is 0 Å². The molecule has 2 aromatic rings. The van der Waals surface area contributed by atoms with Crippen LogP contribution in [0.4, 0.5) is 0 Å². The van der Waals surface area contributed by atoms with Crippen LogP contribution < -0.4 is 5.32 Å². The Hall–Kier alpha value is -2.09. The molecule has 2 nitrogen and oxygen atoms in total. The predicted octanol–water partition coefficient (Wildman–Crippen LogP) is 4.79. The van der Waals surface area contributed by atoms with Gasteiger partial charge in [-0.3, -0.25) is 4.79 Å². The van der Waals surface area contributed by atoms with Crippen molar-refractivity contribution in [2.45, 2.75) is 52.5 Å². The Morgan fingerprint density at radius 1 is 1.04 bits per heavy atom. The fourth-order valence-corrected chi connectivity index (χ4v) is 3.01. The summed E-state index contributed by atoms with van der Waals surface area (Å²) in [4.78, 5) is 12.4. The summed E-state index contributed by atoms with van der Waals surface area (Å²) < 4.78 is 0. The van der Waals surface area contributed by atoms with E-state index in [9.17, 15) is 4.79 Å². The van der Waals surface area contributed by atoms with E-state index in [4.69, 9.17) is 0 Å². The molecule has 1 N–H and O–H groups in total. The predicted molar refractivity (Wildman–Crippen MR) is 96.9 cm³/mol. The van der Waals surface area contributed by atoms with Gasteiger partial charge in [0, 0.05) is 11.6 Å². The minimum absolute atomic E-state index is 0.00413. The van der Waals surface area contributed by atoms with Gasteiger partial charge in [0.2, 0.25) is 0 Å². The maximum atomic E-state index is 12.4. The molecule has 0 aliphatic rings. The van der Waals surface area contributed by atoms with Crippen LogP contribution in [0.1, 0.15) is 54.2 Å². The van der Waals surface area contributed by atoms with Crippen molar-refractivity contribution in [2.75, 3.05) is 0 Å². The van der Waals surface area contributed by atoms with Gasteiger partial charge in [0.05, 0.1) is 0 Å². The summed E-state index contributed by atoms with van der Waals surface area (Å²) in [6.45, 7) is 10.6. The summed E-state index contributed by atoms with van der Waals surface area (Å²) in [5.41, 5.74) is 4.41. The third-order valence-electron chi connectivity index (χ3n) is 4.52. The van der Waals surface area contributed by atoms with Crippen LogP contribution in [0.25, 0.3) is 0 Å². The van der Waals surface area contributed by atoms with Crippen LogP contribution in [0, 0.1) is 13.8 Å². The van der Waals surface area contributed by atoms with Gasteiger partial charge in [0.15, 0.2) is 0 Å². The quantitative estimate of drug-likeness (QED) is 0.845. The molecular weight excluding hydrogens is 282 g/mol. The maximum Gasteiger partial charge on any atom is 0.251 e. The van der Waals surface area contributed by atoms with Gasteiger partial charge in [-0.25, -0.2) is 0 Å². The van der Waals surface area contributed by atoms with Crippen LogP contribution in [0.3, 0.4) is 0 Å². The van der Waals surface area contributed by atoms with Crippen LogP contribution in [-0.4, -0.2) is 11.9 Å². The number of amides is 1. The zero-order valence-electron chi connectivity index (χ0n) is 14.8. The molecule has 0 saturated carbocycles. The molecule has 2 rings (SSSR count). The Morgan fingerprint density at radius 2 is 1.70 bits per heavy atom. The highest BCUT2D eigenvalue weighted by atomic mass is 16.1. The molecule has 0 spiro atoms. The van der Waals surface area contributed by atoms with Crippen molar-refractivity contribution in [3.63, 3.8) is 0 Å². The highest BCUT2D eigenvalue weighted by Crippen LogP contribution is 2.28. The van der Waals surface area contributed by atoms with E-state index in [0.717, 1.165) is 17.5 Å². The number of carbonyl (C=O) groups excluding carboxylic acids is 1. The number of aryl methyl sites for hydroxylation is 2. The molecule has 0 heterocycles. The monoisotopic (exact) mass is 309 g/mol. The van der Waals surface area contributed by atoms with Gasteiger partial charge in [-0.2, -0.15) is 0 Å². The van der Waals surface area contributed by atoms with Crippen molar-refractivity contribution < 1.29 is 4.79 Å². The number of carbonyl (C=O) groups is 1. The summed E-state index contributed by atoms with van der Waals surface area (Å²) in [6, 6.07) is 16.4. The second-order valence-electron chi connectivity index (χ2n) is 7.13. The van der Waals surface area contributed by atoms with E-state index in [0.29, 0.717) is 0 Å². The number of benzene rings is 2. The molecular formula is C21H27NO. The average Bonchev–Trinajstić information content (AvgIpc) is 2.50. The van der Waals surface area contributed by atoms with Crippen molar-refractivity contribution >= 4 is 5.91 Å². The normalized spacial score (nSPS) is 12.7. The Kier molecular flexibility index (Phi) is 5.25. The van der Waals surface area contributed by atoms with Crippen LogP contribution in [0.15, 0.2) is 48.5 Å². The van der Waals surface area contributed by atoms with E-state index >= 15 is 0 Å². The molecule has 2 aromatic carbocycles. The Balaban J connectivity index is 2.02. The SMILES string of the molecule is Cc1ccc(C(=O)N[C@H](C)CC(C)(C)c2ccccc2)cc1C. The number of rotatable bonds is 5. The minimum Gasteiger partial charge on any atom is -0.350 e. The third-order valence-corrected chi connectivity index (χ3v) is 4.52. The lowest BCUT2D eigenvalue weighted by Crippen LogP contribution is -2.37. The number of hydrogen-bond acceptors (Lipinski definition) is 1. The Morgan fingerprint density at radius 3 is 2.30 bits per heavy atom. The van der Waals surface area contributed by atoms with Gasteiger partial charge in [-0.1, -0.05) is 50.2 Å². The number of hydrogen-bond donors (Lipinski definition) is 1. The van der Waals surface area contributed by atoms with Gasteiger partial charge < -0.3 is 5.32 Å². The lowest BCUT2D eigenvalue weighted by Gasteiger charge is -2.29. The molecule has 23 heavy (non-hydrogen) atoms. The standard InChI is InChI=1S/C21H27NO/c1-15-11-12-18(13-16(15)2)20(23)22-17(3)14-21(4,5)19-9-7-6-8-10-19/h6-13,17H,14H2,1-5H3,(H,22,23)/t17-/m1/s1. The summed E-state index contributed by atoms with van der Waals surface area (Å²) in [7, 11) is 0. The van der Waals surface area contributed by atoms with Crippen molar-refractivity contribution in [1.29, 1.82) is 0 Å². The molecule has 0 aromatic heterocycles. The van der Waals surface area contributed by atoms with Crippen LogP contribution in [0.2, 0.25) is 0 Å². The second-order valence-corrected chi connectivity index (χ2v) is 7.13. The van der Waals surface area contributed by atoms with Gasteiger partial charge in [-0.15, -0.1) is 0 Å². The van der Waals surface area contributed by atoms with Gasteiger partial charge in [0.1, 0.15) is 0 Å². The van der Waals surface area contributed by atoms with E-state index in [-0.39, 0.29) is 17.4 Å². The molecule has 1 atom stereocenters. The first-order valence-electron chi connectivity index (χ1n) is 8.23. The molecule has 1 amide bonds. The van der Waals surface area contributed by atoms with Crippen LogP contribution >= 0.6 is 0 Å². The summed E-state index contributed by atoms with van der Waals surface area (Å²) >= 11 is 0. The molecule has 0 bridgehead atoms. The largest absolute Gasteiger partial charge is 0.350 e. The lowest BCUT2D eigenvalue weighted by molar-refractivity contribution is 0.0934. The smallest absolute Gasteiger partial charge is 0.251 e. The first-order valence-corrected chi connectivity index (χ1v) is 8.23. The Bertz CT molecular complexity index is 673.